The predicted molar refractivity (Wildman–Crippen MR) is 120 cm³/mol. The van der Waals surface area contributed by atoms with Gasteiger partial charge in [-0.05, 0) is 44.2 Å². The molecule has 164 valence electrons. The molecule has 0 unspecified atom stereocenters. The highest BCUT2D eigenvalue weighted by Gasteiger charge is 2.29. The number of quaternary nitrogens is 1. The number of hydrogen-bond acceptors (Lipinski definition) is 3. The Bertz CT molecular complexity index is 580. The first-order chi connectivity index (χ1) is 14.2. The van der Waals surface area contributed by atoms with E-state index in [1.54, 1.807) is 0 Å². The number of nitrogens with zero attached hydrogens (tertiary/aromatic N) is 1. The fraction of sp³-hybridized carbons (Fsp3) is 0.708. The third kappa shape index (κ3) is 8.65. The number of rotatable bonds is 13. The monoisotopic (exact) mass is 405 g/mol. The number of anilines is 1. The highest BCUT2D eigenvalue weighted by molar-refractivity contribution is 5.86. The van der Waals surface area contributed by atoms with Crippen molar-refractivity contribution in [1.29, 1.82) is 0 Å². The summed E-state index contributed by atoms with van der Waals surface area (Å²) in [4.78, 5) is 12.3. The van der Waals surface area contributed by atoms with Crippen LogP contribution in [-0.4, -0.2) is 50.0 Å². The average Bonchev–Trinajstić information content (AvgIpc) is 2.72. The van der Waals surface area contributed by atoms with Gasteiger partial charge >= 0.3 is 6.09 Å². The van der Waals surface area contributed by atoms with Gasteiger partial charge in [-0.2, -0.15) is 0 Å². The quantitative estimate of drug-likeness (QED) is 0.324. The van der Waals surface area contributed by atoms with Gasteiger partial charge in [-0.15, -0.1) is 0 Å². The molecule has 0 spiro atoms. The molecule has 1 aliphatic heterocycles. The van der Waals surface area contributed by atoms with Crippen molar-refractivity contribution in [3.8, 4) is 5.75 Å². The first-order valence-electron chi connectivity index (χ1n) is 11.7. The summed E-state index contributed by atoms with van der Waals surface area (Å²) in [5.41, 5.74) is 0.682. The topological polar surface area (TPSA) is 47.6 Å². The van der Waals surface area contributed by atoms with Gasteiger partial charge in [-0.25, -0.2) is 4.79 Å². The molecule has 5 nitrogen and oxygen atoms in total. The highest BCUT2D eigenvalue weighted by atomic mass is 16.5. The molecule has 1 saturated heterocycles. The standard InChI is InChI=1S/C24H40N2O3/c1-3-5-6-7-13-20-28-23-15-10-9-14-22(23)25-24(27)29-21-19-26(16-4-2)17-11-8-12-18-26/h9-10,14-15H,3-8,11-13,16-21H2,1-2H3/p+1. The third-order valence-corrected chi connectivity index (χ3v) is 5.89. The molecule has 1 aromatic rings. The van der Waals surface area contributed by atoms with Crippen LogP contribution in [0.3, 0.4) is 0 Å². The van der Waals surface area contributed by atoms with E-state index in [9.17, 15) is 4.79 Å². The Hall–Kier alpha value is -1.75. The molecule has 0 saturated carbocycles. The average molecular weight is 406 g/mol. The van der Waals surface area contributed by atoms with Crippen molar-refractivity contribution in [2.24, 2.45) is 0 Å². The summed E-state index contributed by atoms with van der Waals surface area (Å²) in [6, 6.07) is 7.59. The molecule has 2 rings (SSSR count). The summed E-state index contributed by atoms with van der Waals surface area (Å²) in [5, 5.41) is 2.86. The lowest BCUT2D eigenvalue weighted by Gasteiger charge is -2.41. The number of likely N-dealkylation sites (tertiary alicyclic amines) is 1. The van der Waals surface area contributed by atoms with Gasteiger partial charge in [0.15, 0.2) is 0 Å². The Kier molecular flexibility index (Phi) is 10.9. The van der Waals surface area contributed by atoms with Crippen LogP contribution in [0.15, 0.2) is 24.3 Å². The molecule has 1 fully saturated rings. The first kappa shape index (κ1) is 23.5. The number of unbranched alkanes of at least 4 members (excludes halogenated alkanes) is 4. The molecule has 1 amide bonds. The number of benzene rings is 1. The Morgan fingerprint density at radius 1 is 0.931 bits per heavy atom. The lowest BCUT2D eigenvalue weighted by molar-refractivity contribution is -0.932. The van der Waals surface area contributed by atoms with Crippen LogP contribution in [-0.2, 0) is 4.74 Å². The second-order valence-corrected chi connectivity index (χ2v) is 8.32. The van der Waals surface area contributed by atoms with Crippen molar-refractivity contribution in [2.45, 2.75) is 71.6 Å². The van der Waals surface area contributed by atoms with Crippen LogP contribution in [0.2, 0.25) is 0 Å². The maximum atomic E-state index is 12.3. The molecule has 1 N–H and O–H groups in total. The van der Waals surface area contributed by atoms with E-state index < -0.39 is 6.09 Å². The van der Waals surface area contributed by atoms with E-state index in [-0.39, 0.29) is 0 Å². The SMILES string of the molecule is CCCCCCCOc1ccccc1NC(=O)OCC[N+]1(CCC)CCCCC1. The number of carbonyl (C=O) groups is 1. The molecule has 1 aromatic carbocycles. The van der Waals surface area contributed by atoms with E-state index in [4.69, 9.17) is 9.47 Å². The van der Waals surface area contributed by atoms with Crippen molar-refractivity contribution in [1.82, 2.24) is 0 Å². The zero-order valence-electron chi connectivity index (χ0n) is 18.6. The maximum Gasteiger partial charge on any atom is 0.411 e. The number of amides is 1. The largest absolute Gasteiger partial charge is 0.491 e. The number of piperidine rings is 1. The molecular formula is C24H41N2O3+. The molecule has 5 heteroatoms. The van der Waals surface area contributed by atoms with E-state index in [2.05, 4.69) is 19.2 Å². The number of ether oxygens (including phenoxy) is 2. The maximum absolute atomic E-state index is 12.3. The summed E-state index contributed by atoms with van der Waals surface area (Å²) in [7, 11) is 0. The second-order valence-electron chi connectivity index (χ2n) is 8.32. The van der Waals surface area contributed by atoms with E-state index in [1.807, 2.05) is 24.3 Å². The van der Waals surface area contributed by atoms with E-state index in [1.165, 1.54) is 71.0 Å². The minimum absolute atomic E-state index is 0.393. The Balaban J connectivity index is 1.75. The Labute approximate surface area is 177 Å². The lowest BCUT2D eigenvalue weighted by Crippen LogP contribution is -2.53. The molecular weight excluding hydrogens is 364 g/mol. The summed E-state index contributed by atoms with van der Waals surface area (Å²) in [6.07, 6.45) is 10.7. The first-order valence-corrected chi connectivity index (χ1v) is 11.7. The fourth-order valence-corrected chi connectivity index (χ4v) is 4.28. The van der Waals surface area contributed by atoms with Gasteiger partial charge in [0.1, 0.15) is 18.9 Å². The molecule has 29 heavy (non-hydrogen) atoms. The van der Waals surface area contributed by atoms with Crippen LogP contribution >= 0.6 is 0 Å². The minimum atomic E-state index is -0.393. The van der Waals surface area contributed by atoms with E-state index in [0.29, 0.717) is 24.7 Å². The summed E-state index contributed by atoms with van der Waals surface area (Å²) in [6.45, 7) is 10.1. The lowest BCUT2D eigenvalue weighted by atomic mass is 10.1. The van der Waals surface area contributed by atoms with E-state index >= 15 is 0 Å². The molecule has 0 atom stereocenters. The van der Waals surface area contributed by atoms with Gasteiger partial charge in [0, 0.05) is 0 Å². The van der Waals surface area contributed by atoms with Gasteiger partial charge in [0.05, 0.1) is 31.9 Å². The zero-order chi connectivity index (χ0) is 20.8. The number of hydrogen-bond donors (Lipinski definition) is 1. The molecule has 0 aliphatic carbocycles. The van der Waals surface area contributed by atoms with Crippen LogP contribution < -0.4 is 10.1 Å². The van der Waals surface area contributed by atoms with Gasteiger partial charge in [0.25, 0.3) is 0 Å². The zero-order valence-corrected chi connectivity index (χ0v) is 18.6. The Morgan fingerprint density at radius 3 is 2.45 bits per heavy atom. The smallest absolute Gasteiger partial charge is 0.411 e. The highest BCUT2D eigenvalue weighted by Crippen LogP contribution is 2.24. The van der Waals surface area contributed by atoms with Crippen LogP contribution in [0.1, 0.15) is 71.6 Å². The second kappa shape index (κ2) is 13.5. The number of nitrogens with one attached hydrogen (secondary N) is 1. The normalized spacial score (nSPS) is 15.7. The summed E-state index contributed by atoms with van der Waals surface area (Å²) >= 11 is 0. The summed E-state index contributed by atoms with van der Waals surface area (Å²) in [5.74, 6) is 0.713. The van der Waals surface area contributed by atoms with Crippen molar-refractivity contribution >= 4 is 11.8 Å². The molecule has 1 aliphatic rings. The van der Waals surface area contributed by atoms with Gasteiger partial charge in [-0.1, -0.05) is 51.7 Å². The van der Waals surface area contributed by atoms with Crippen molar-refractivity contribution in [3.63, 3.8) is 0 Å². The minimum Gasteiger partial charge on any atom is -0.491 e. The Morgan fingerprint density at radius 2 is 1.69 bits per heavy atom. The van der Waals surface area contributed by atoms with Gasteiger partial charge in [0.2, 0.25) is 0 Å². The molecule has 1 heterocycles. The van der Waals surface area contributed by atoms with Crippen molar-refractivity contribution in [3.05, 3.63) is 24.3 Å². The van der Waals surface area contributed by atoms with Crippen molar-refractivity contribution < 1.29 is 18.8 Å². The molecule has 0 aromatic heterocycles. The van der Waals surface area contributed by atoms with Crippen LogP contribution in [0.25, 0.3) is 0 Å². The predicted octanol–water partition coefficient (Wildman–Crippen LogP) is 6.00. The molecule has 0 bridgehead atoms. The van der Waals surface area contributed by atoms with Gasteiger partial charge in [-0.3, -0.25) is 5.32 Å². The van der Waals surface area contributed by atoms with Crippen LogP contribution in [0.4, 0.5) is 10.5 Å². The molecule has 0 radical (unpaired) electrons. The van der Waals surface area contributed by atoms with Crippen molar-refractivity contribution in [2.75, 3.05) is 44.7 Å². The summed E-state index contributed by atoms with van der Waals surface area (Å²) < 4.78 is 12.5. The number of para-hydroxylation sites is 2. The third-order valence-electron chi connectivity index (χ3n) is 5.89. The van der Waals surface area contributed by atoms with Gasteiger partial charge < -0.3 is 14.0 Å². The fourth-order valence-electron chi connectivity index (χ4n) is 4.28. The van der Waals surface area contributed by atoms with Crippen LogP contribution in [0, 0.1) is 0 Å². The van der Waals surface area contributed by atoms with E-state index in [0.717, 1.165) is 17.4 Å². The van der Waals surface area contributed by atoms with Crippen LogP contribution in [0.5, 0.6) is 5.75 Å². The number of carbonyl (C=O) groups excluding carboxylic acids is 1.